The second kappa shape index (κ2) is 0.807. The molecule has 0 aromatic rings. The van der Waals surface area contributed by atoms with E-state index in [1.807, 2.05) is 0 Å². The topological polar surface area (TPSA) is 0 Å². The average Bonchev–Trinajstić information content (AvgIpc) is 2.47. The molecule has 0 amide bonds. The van der Waals surface area contributed by atoms with E-state index < -0.39 is 0 Å². The van der Waals surface area contributed by atoms with Crippen LogP contribution in [0.15, 0.2) is 12.2 Å². The lowest BCUT2D eigenvalue weighted by Gasteiger charge is -2.10. The molecule has 0 aromatic carbocycles. The van der Waals surface area contributed by atoms with Gasteiger partial charge in [-0.3, -0.25) is 0 Å². The van der Waals surface area contributed by atoms with Crippen LogP contribution >= 0.6 is 31.9 Å². The van der Waals surface area contributed by atoms with E-state index in [1.54, 1.807) is 0 Å². The number of hydrogen-bond donors (Lipinski definition) is 0. The van der Waals surface area contributed by atoms with E-state index in [9.17, 15) is 0 Å². The molecular weight excluding hydrogens is 232 g/mol. The predicted octanol–water partition coefficient (Wildman–Crippen LogP) is 2.08. The maximum absolute atomic E-state index is 3.66. The van der Waals surface area contributed by atoms with Gasteiger partial charge in [-0.25, -0.2) is 0 Å². The van der Waals surface area contributed by atoms with Crippen LogP contribution in [0.25, 0.3) is 0 Å². The normalized spacial score (nSPS) is 79.8. The fourth-order valence-electron chi connectivity index (χ4n) is 2.01. The van der Waals surface area contributed by atoms with E-state index >= 15 is 0 Å². The molecule has 2 fully saturated rings. The van der Waals surface area contributed by atoms with Crippen LogP contribution in [0.5, 0.6) is 0 Å². The molecule has 4 aliphatic rings. The summed E-state index contributed by atoms with van der Waals surface area (Å²) in [4.78, 5) is 0. The Bertz CT molecular complexity index is 177. The molecule has 0 spiro atoms. The number of halogens is 2. The fraction of sp³-hybridized carbons (Fsp3) is 0.667. The van der Waals surface area contributed by atoms with Crippen molar-refractivity contribution in [3.05, 3.63) is 12.2 Å². The van der Waals surface area contributed by atoms with Gasteiger partial charge in [0.15, 0.2) is 0 Å². The Labute approximate surface area is 64.6 Å². The highest BCUT2D eigenvalue weighted by Gasteiger charge is 2.92. The Kier molecular flexibility index (Phi) is 0.454. The molecule has 2 bridgehead atoms. The van der Waals surface area contributed by atoms with Crippen LogP contribution in [-0.2, 0) is 0 Å². The lowest BCUT2D eigenvalue weighted by molar-refractivity contribution is 0.799. The minimum Gasteiger partial charge on any atom is -0.0800 e. The highest BCUT2D eigenvalue weighted by atomic mass is 79.9. The maximum Gasteiger partial charge on any atom is 0.0534 e. The van der Waals surface area contributed by atoms with Gasteiger partial charge in [-0.05, 0) is 0 Å². The first-order valence-electron chi connectivity index (χ1n) is 2.78. The molecule has 2 heteroatoms. The van der Waals surface area contributed by atoms with Crippen molar-refractivity contribution in [1.82, 2.24) is 0 Å². The zero-order chi connectivity index (χ0) is 5.57. The van der Waals surface area contributed by atoms with Crippen molar-refractivity contribution in [2.75, 3.05) is 0 Å². The van der Waals surface area contributed by atoms with E-state index in [0.717, 1.165) is 11.8 Å². The predicted molar refractivity (Wildman–Crippen MR) is 39.4 cm³/mol. The zero-order valence-electron chi connectivity index (χ0n) is 4.07. The molecule has 0 unspecified atom stereocenters. The molecule has 0 saturated heterocycles. The third kappa shape index (κ3) is 0.217. The first-order chi connectivity index (χ1) is 3.70. The summed E-state index contributed by atoms with van der Waals surface area (Å²) >= 11 is 7.33. The van der Waals surface area contributed by atoms with E-state index in [4.69, 9.17) is 0 Å². The number of hydrogen-bond acceptors (Lipinski definition) is 0. The minimum atomic E-state index is 0.469. The van der Waals surface area contributed by atoms with Crippen LogP contribution in [0, 0.1) is 11.8 Å². The molecule has 0 atom stereocenters. The van der Waals surface area contributed by atoms with Gasteiger partial charge in [0.05, 0.1) is 8.65 Å². The summed E-state index contributed by atoms with van der Waals surface area (Å²) in [5, 5.41) is 0. The molecule has 4 rings (SSSR count). The molecule has 0 nitrogen and oxygen atoms in total. The standard InChI is InChI=1S/C6H4Br2/c7-5-1-2-6(8)3(5)4(5)6/h1-4H. The third-order valence-electron chi connectivity index (χ3n) is 2.62. The van der Waals surface area contributed by atoms with Crippen molar-refractivity contribution < 1.29 is 0 Å². The van der Waals surface area contributed by atoms with Crippen LogP contribution in [-0.4, -0.2) is 8.65 Å². The maximum atomic E-state index is 3.66. The van der Waals surface area contributed by atoms with Gasteiger partial charge < -0.3 is 0 Å². The molecule has 0 aromatic heterocycles. The molecule has 0 heterocycles. The van der Waals surface area contributed by atoms with E-state index in [-0.39, 0.29) is 0 Å². The van der Waals surface area contributed by atoms with Crippen LogP contribution in [0.1, 0.15) is 0 Å². The number of alkyl halides is 2. The van der Waals surface area contributed by atoms with Crippen molar-refractivity contribution in [2.45, 2.75) is 8.65 Å². The van der Waals surface area contributed by atoms with E-state index in [2.05, 4.69) is 44.0 Å². The van der Waals surface area contributed by atoms with Gasteiger partial charge in [-0.15, -0.1) is 0 Å². The van der Waals surface area contributed by atoms with E-state index in [1.165, 1.54) is 0 Å². The molecule has 0 radical (unpaired) electrons. The number of rotatable bonds is 0. The Hall–Kier alpha value is 0.700. The number of allylic oxidation sites excluding steroid dienone is 2. The van der Waals surface area contributed by atoms with E-state index in [0.29, 0.717) is 8.65 Å². The first kappa shape index (κ1) is 4.51. The smallest absolute Gasteiger partial charge is 0.0534 e. The Morgan fingerprint density at radius 2 is 1.38 bits per heavy atom. The minimum absolute atomic E-state index is 0.469. The summed E-state index contributed by atoms with van der Waals surface area (Å²) in [7, 11) is 0. The monoisotopic (exact) mass is 234 g/mol. The highest BCUT2D eigenvalue weighted by molar-refractivity contribution is 9.11. The first-order valence-corrected chi connectivity index (χ1v) is 4.36. The second-order valence-electron chi connectivity index (χ2n) is 2.94. The summed E-state index contributed by atoms with van der Waals surface area (Å²) in [6.07, 6.45) is 4.58. The molecule has 42 valence electrons. The molecule has 2 saturated carbocycles. The summed E-state index contributed by atoms with van der Waals surface area (Å²) in [5.41, 5.74) is 0. The van der Waals surface area contributed by atoms with Crippen molar-refractivity contribution in [2.24, 2.45) is 11.8 Å². The van der Waals surface area contributed by atoms with Gasteiger partial charge in [0.2, 0.25) is 0 Å². The molecule has 0 N–H and O–H groups in total. The van der Waals surface area contributed by atoms with Gasteiger partial charge in [-0.1, -0.05) is 44.0 Å². The molecular formula is C6H4Br2. The van der Waals surface area contributed by atoms with Crippen LogP contribution < -0.4 is 0 Å². The van der Waals surface area contributed by atoms with Crippen LogP contribution in [0.3, 0.4) is 0 Å². The van der Waals surface area contributed by atoms with Gasteiger partial charge >= 0.3 is 0 Å². The summed E-state index contributed by atoms with van der Waals surface area (Å²) in [5.74, 6) is 1.82. The Morgan fingerprint density at radius 3 is 1.50 bits per heavy atom. The lowest BCUT2D eigenvalue weighted by atomic mass is 10.2. The van der Waals surface area contributed by atoms with Gasteiger partial charge in [-0.2, -0.15) is 0 Å². The highest BCUT2D eigenvalue weighted by Crippen LogP contribution is 2.89. The van der Waals surface area contributed by atoms with Crippen molar-refractivity contribution in [1.29, 1.82) is 0 Å². The SMILES string of the molecule is BrC12C=CC3(Br)C1C23. The summed E-state index contributed by atoms with van der Waals surface area (Å²) < 4.78 is 0.938. The summed E-state index contributed by atoms with van der Waals surface area (Å²) in [6.45, 7) is 0. The van der Waals surface area contributed by atoms with Crippen molar-refractivity contribution >= 4 is 31.9 Å². The molecule has 4 aliphatic carbocycles. The van der Waals surface area contributed by atoms with Crippen LogP contribution in [0.4, 0.5) is 0 Å². The lowest BCUT2D eigenvalue weighted by Crippen LogP contribution is -2.14. The second-order valence-corrected chi connectivity index (χ2v) is 5.69. The zero-order valence-corrected chi connectivity index (χ0v) is 7.24. The van der Waals surface area contributed by atoms with Crippen molar-refractivity contribution in [3.8, 4) is 0 Å². The van der Waals surface area contributed by atoms with Gasteiger partial charge in [0.1, 0.15) is 0 Å². The fourth-order valence-corrected chi connectivity index (χ4v) is 5.19. The van der Waals surface area contributed by atoms with Crippen LogP contribution in [0.2, 0.25) is 0 Å². The largest absolute Gasteiger partial charge is 0.0800 e. The summed E-state index contributed by atoms with van der Waals surface area (Å²) in [6, 6.07) is 0. The Balaban J connectivity index is 2.21. The van der Waals surface area contributed by atoms with Gasteiger partial charge in [0, 0.05) is 11.8 Å². The third-order valence-corrected chi connectivity index (χ3v) is 5.12. The average molecular weight is 236 g/mol. The van der Waals surface area contributed by atoms with Gasteiger partial charge in [0.25, 0.3) is 0 Å². The van der Waals surface area contributed by atoms with Crippen molar-refractivity contribution in [3.63, 3.8) is 0 Å². The quantitative estimate of drug-likeness (QED) is 0.446. The Morgan fingerprint density at radius 1 is 1.00 bits per heavy atom. The molecule has 0 aliphatic heterocycles. The molecule has 8 heavy (non-hydrogen) atoms.